The molecule has 0 aromatic heterocycles. The first-order valence-electron chi connectivity index (χ1n) is 8.68. The van der Waals surface area contributed by atoms with E-state index in [1.54, 1.807) is 0 Å². The Bertz CT molecular complexity index is 283. The van der Waals surface area contributed by atoms with E-state index in [0.29, 0.717) is 12.2 Å². The fourth-order valence-electron chi connectivity index (χ4n) is 2.48. The molecule has 0 spiro atoms. The Labute approximate surface area is 127 Å². The molecule has 3 heteroatoms. The summed E-state index contributed by atoms with van der Waals surface area (Å²) < 4.78 is 22.9. The first-order valence-corrected chi connectivity index (χ1v) is 10.4. The van der Waals surface area contributed by atoms with Gasteiger partial charge in [0.15, 0.2) is 9.84 Å². The Hall–Kier alpha value is -0.0500. The van der Waals surface area contributed by atoms with Crippen LogP contribution in [0.5, 0.6) is 0 Å². The van der Waals surface area contributed by atoms with E-state index in [9.17, 15) is 8.42 Å². The molecule has 0 saturated carbocycles. The van der Waals surface area contributed by atoms with E-state index < -0.39 is 9.84 Å². The minimum atomic E-state index is -2.87. The number of hydrogen-bond acceptors (Lipinski definition) is 2. The van der Waals surface area contributed by atoms with Crippen molar-refractivity contribution in [3.05, 3.63) is 5.75 Å². The van der Waals surface area contributed by atoms with Gasteiger partial charge in [0, 0.05) is 0 Å². The molecule has 0 aliphatic rings. The smallest absolute Gasteiger partial charge is 0.154 e. The standard InChI is InChI=1S/C17H35O2S/c1-3-5-6-7-8-9-10-11-12-13-14-15-17-20(18,19)16-4-2/h16H,3-15,17H2,1-2H3. The molecular formula is C17H35O2S. The molecule has 0 saturated heterocycles. The number of sulfone groups is 1. The lowest BCUT2D eigenvalue weighted by Gasteiger charge is -2.03. The fraction of sp³-hybridized carbons (Fsp3) is 0.941. The van der Waals surface area contributed by atoms with E-state index in [1.807, 2.05) is 6.92 Å². The van der Waals surface area contributed by atoms with Crippen LogP contribution in [0.15, 0.2) is 0 Å². The van der Waals surface area contributed by atoms with Crippen molar-refractivity contribution in [1.29, 1.82) is 0 Å². The van der Waals surface area contributed by atoms with E-state index in [1.165, 1.54) is 70.0 Å². The molecule has 0 fully saturated rings. The van der Waals surface area contributed by atoms with Crippen molar-refractivity contribution in [3.8, 4) is 0 Å². The number of rotatable bonds is 15. The highest BCUT2D eigenvalue weighted by Crippen LogP contribution is 2.12. The molecule has 0 N–H and O–H groups in total. The van der Waals surface area contributed by atoms with Crippen LogP contribution >= 0.6 is 0 Å². The molecule has 0 aliphatic carbocycles. The van der Waals surface area contributed by atoms with Gasteiger partial charge in [0.1, 0.15) is 0 Å². The second-order valence-electron chi connectivity index (χ2n) is 5.83. The van der Waals surface area contributed by atoms with Gasteiger partial charge in [0.05, 0.1) is 11.5 Å². The van der Waals surface area contributed by atoms with Gasteiger partial charge in [-0.3, -0.25) is 0 Å². The van der Waals surface area contributed by atoms with Crippen molar-refractivity contribution in [1.82, 2.24) is 0 Å². The van der Waals surface area contributed by atoms with Gasteiger partial charge >= 0.3 is 0 Å². The van der Waals surface area contributed by atoms with E-state index in [4.69, 9.17) is 0 Å². The van der Waals surface area contributed by atoms with Crippen LogP contribution in [0.2, 0.25) is 0 Å². The zero-order valence-electron chi connectivity index (χ0n) is 13.7. The zero-order valence-corrected chi connectivity index (χ0v) is 14.5. The highest BCUT2D eigenvalue weighted by Gasteiger charge is 2.08. The summed E-state index contributed by atoms with van der Waals surface area (Å²) in [5, 5.41) is 0. The number of hydrogen-bond donors (Lipinski definition) is 0. The summed E-state index contributed by atoms with van der Waals surface area (Å²) >= 11 is 0. The highest BCUT2D eigenvalue weighted by atomic mass is 32.2. The molecule has 2 nitrogen and oxygen atoms in total. The van der Waals surface area contributed by atoms with E-state index in [0.717, 1.165) is 12.8 Å². The average molecular weight is 304 g/mol. The average Bonchev–Trinajstić information content (AvgIpc) is 2.40. The Balaban J connectivity index is 3.17. The lowest BCUT2D eigenvalue weighted by Crippen LogP contribution is -2.05. The Morgan fingerprint density at radius 3 is 1.45 bits per heavy atom. The zero-order chi connectivity index (χ0) is 15.1. The number of unbranched alkanes of at least 4 members (excludes halogenated alkanes) is 11. The van der Waals surface area contributed by atoms with Crippen LogP contribution in [0.3, 0.4) is 0 Å². The summed E-state index contributed by atoms with van der Waals surface area (Å²) in [6, 6.07) is 0. The topological polar surface area (TPSA) is 34.1 Å². The highest BCUT2D eigenvalue weighted by molar-refractivity contribution is 7.93. The van der Waals surface area contributed by atoms with Crippen LogP contribution in [-0.4, -0.2) is 14.2 Å². The van der Waals surface area contributed by atoms with Gasteiger partial charge in [-0.15, -0.1) is 0 Å². The van der Waals surface area contributed by atoms with Crippen LogP contribution in [0, 0.1) is 5.75 Å². The third kappa shape index (κ3) is 14.4. The van der Waals surface area contributed by atoms with Crippen LogP contribution in [0.25, 0.3) is 0 Å². The monoisotopic (exact) mass is 303 g/mol. The van der Waals surface area contributed by atoms with Gasteiger partial charge in [-0.25, -0.2) is 8.42 Å². The normalized spacial score (nSPS) is 11.9. The van der Waals surface area contributed by atoms with E-state index >= 15 is 0 Å². The van der Waals surface area contributed by atoms with Crippen molar-refractivity contribution < 1.29 is 8.42 Å². The maximum atomic E-state index is 11.5. The van der Waals surface area contributed by atoms with Crippen molar-refractivity contribution in [2.75, 3.05) is 5.75 Å². The Kier molecular flexibility index (Phi) is 13.9. The lowest BCUT2D eigenvalue weighted by atomic mass is 10.1. The minimum absolute atomic E-state index is 0.346. The third-order valence-corrected chi connectivity index (χ3v) is 5.40. The van der Waals surface area contributed by atoms with E-state index in [-0.39, 0.29) is 0 Å². The molecule has 0 aromatic carbocycles. The molecule has 0 heterocycles. The molecular weight excluding hydrogens is 268 g/mol. The van der Waals surface area contributed by atoms with Gasteiger partial charge in [0.2, 0.25) is 0 Å². The van der Waals surface area contributed by atoms with Crippen LogP contribution < -0.4 is 0 Å². The molecule has 0 unspecified atom stereocenters. The maximum absolute atomic E-state index is 11.5. The van der Waals surface area contributed by atoms with Gasteiger partial charge < -0.3 is 0 Å². The van der Waals surface area contributed by atoms with Crippen molar-refractivity contribution in [2.24, 2.45) is 0 Å². The third-order valence-electron chi connectivity index (χ3n) is 3.70. The Morgan fingerprint density at radius 1 is 0.650 bits per heavy atom. The second-order valence-corrected chi connectivity index (χ2v) is 7.90. The predicted octanol–water partition coefficient (Wildman–Crippen LogP) is 5.67. The van der Waals surface area contributed by atoms with Crippen LogP contribution in [0.1, 0.15) is 97.3 Å². The molecule has 0 aliphatic heterocycles. The molecule has 0 bridgehead atoms. The molecule has 0 rings (SSSR count). The van der Waals surface area contributed by atoms with E-state index in [2.05, 4.69) is 6.92 Å². The summed E-state index contributed by atoms with van der Waals surface area (Å²) in [6.45, 7) is 4.13. The second kappa shape index (κ2) is 13.9. The lowest BCUT2D eigenvalue weighted by molar-refractivity contribution is 0.546. The summed E-state index contributed by atoms with van der Waals surface area (Å²) in [5.41, 5.74) is 0. The van der Waals surface area contributed by atoms with Crippen LogP contribution in [0.4, 0.5) is 0 Å². The minimum Gasteiger partial charge on any atom is -0.229 e. The van der Waals surface area contributed by atoms with Gasteiger partial charge in [0.25, 0.3) is 0 Å². The molecule has 121 valence electrons. The summed E-state index contributed by atoms with van der Waals surface area (Å²) in [7, 11) is -2.87. The largest absolute Gasteiger partial charge is 0.229 e. The summed E-state index contributed by atoms with van der Waals surface area (Å²) in [4.78, 5) is 0. The maximum Gasteiger partial charge on any atom is 0.154 e. The van der Waals surface area contributed by atoms with Crippen molar-refractivity contribution >= 4 is 9.84 Å². The Morgan fingerprint density at radius 2 is 1.05 bits per heavy atom. The molecule has 20 heavy (non-hydrogen) atoms. The fourth-order valence-corrected chi connectivity index (χ4v) is 3.76. The van der Waals surface area contributed by atoms with Crippen molar-refractivity contribution in [3.63, 3.8) is 0 Å². The van der Waals surface area contributed by atoms with Crippen molar-refractivity contribution in [2.45, 2.75) is 97.3 Å². The molecule has 0 atom stereocenters. The molecule has 0 aromatic rings. The molecule has 1 radical (unpaired) electrons. The summed E-state index contributed by atoms with van der Waals surface area (Å²) in [5.74, 6) is 1.80. The van der Waals surface area contributed by atoms with Crippen LogP contribution in [-0.2, 0) is 9.84 Å². The van der Waals surface area contributed by atoms with Gasteiger partial charge in [-0.05, 0) is 12.8 Å². The first-order chi connectivity index (χ1) is 9.62. The first kappa shape index (κ1) is 19.9. The molecule has 0 amide bonds. The predicted molar refractivity (Wildman–Crippen MR) is 89.5 cm³/mol. The van der Waals surface area contributed by atoms with Gasteiger partial charge in [-0.1, -0.05) is 84.5 Å². The van der Waals surface area contributed by atoms with Gasteiger partial charge in [-0.2, -0.15) is 0 Å². The summed E-state index contributed by atoms with van der Waals surface area (Å²) in [6.07, 6.45) is 15.9. The quantitative estimate of drug-likeness (QED) is 0.365. The SMILES string of the molecule is CC[CH]S(=O)(=O)CCCCCCCCCCCCCC.